The molecule has 0 fully saturated rings. The molecular weight excluding hydrogens is 388 g/mol. The van der Waals surface area contributed by atoms with Crippen LogP contribution in [0.4, 0.5) is 0 Å². The van der Waals surface area contributed by atoms with Crippen LogP contribution in [0.3, 0.4) is 0 Å². The maximum atomic E-state index is 3.90. The monoisotopic (exact) mass is 422 g/mol. The van der Waals surface area contributed by atoms with Crippen LogP contribution in [0.1, 0.15) is 36.8 Å². The van der Waals surface area contributed by atoms with E-state index in [1.165, 1.54) is 45.5 Å². The first-order valence-corrected chi connectivity index (χ1v) is 14.6. The van der Waals surface area contributed by atoms with Crippen LogP contribution in [-0.4, -0.2) is 8.07 Å². The van der Waals surface area contributed by atoms with Crippen LogP contribution in [0.25, 0.3) is 21.5 Å². The van der Waals surface area contributed by atoms with Crippen LogP contribution in [0.15, 0.2) is 86.0 Å². The van der Waals surface area contributed by atoms with Crippen molar-refractivity contribution in [1.29, 1.82) is 0 Å². The maximum absolute atomic E-state index is 3.90. The Bertz CT molecular complexity index is 1100. The lowest BCUT2D eigenvalue weighted by Crippen LogP contribution is -2.52. The lowest BCUT2D eigenvalue weighted by Gasteiger charge is -2.31. The second-order valence-corrected chi connectivity index (χ2v) is 13.6. The van der Waals surface area contributed by atoms with Gasteiger partial charge in [-0.3, -0.25) is 0 Å². The minimum Gasteiger partial charge on any atom is -0.147 e. The molecule has 160 valence electrons. The van der Waals surface area contributed by atoms with Gasteiger partial charge in [0.05, 0.1) is 0 Å². The van der Waals surface area contributed by atoms with E-state index in [1.54, 1.807) is 10.4 Å². The van der Waals surface area contributed by atoms with Crippen molar-refractivity contribution in [3.05, 3.63) is 97.1 Å². The molecule has 0 aromatic heterocycles. The van der Waals surface area contributed by atoms with Gasteiger partial charge in [-0.25, -0.2) is 0 Å². The molecule has 4 aromatic carbocycles. The number of unbranched alkanes of at least 4 members (excludes halogenated alkanes) is 2. The van der Waals surface area contributed by atoms with Crippen molar-refractivity contribution < 1.29 is 0 Å². The molecule has 0 nitrogen and oxygen atoms in total. The Morgan fingerprint density at radius 3 is 1.61 bits per heavy atom. The zero-order valence-electron chi connectivity index (χ0n) is 19.1. The summed E-state index contributed by atoms with van der Waals surface area (Å²) in [5, 5.41) is 9.00. The van der Waals surface area contributed by atoms with Crippen LogP contribution in [0.5, 0.6) is 0 Å². The van der Waals surface area contributed by atoms with E-state index >= 15 is 0 Å². The standard InChI is InChI=1S/C30H34Si/c1-5-7-9-15-23-21-29(27-19-13-11-17-25(23)27)31(3,4)30-22-24(16-10-8-6-2)26-18-12-14-20-28(26)30/h5-6,11-14,17-22H,1-2,7-10,15-16H2,3-4H3/q-2. The lowest BCUT2D eigenvalue weighted by atomic mass is 10.1. The molecule has 31 heavy (non-hydrogen) atoms. The van der Waals surface area contributed by atoms with Gasteiger partial charge in [-0.1, -0.05) is 36.0 Å². The van der Waals surface area contributed by atoms with Gasteiger partial charge >= 0.3 is 0 Å². The van der Waals surface area contributed by atoms with Crippen molar-refractivity contribution in [1.82, 2.24) is 0 Å². The zero-order chi connectivity index (χ0) is 21.8. The zero-order valence-corrected chi connectivity index (χ0v) is 20.1. The van der Waals surface area contributed by atoms with Gasteiger partial charge in [-0.05, 0) is 38.5 Å². The van der Waals surface area contributed by atoms with Gasteiger partial charge in [0, 0.05) is 8.07 Å². The third-order valence-electron chi connectivity index (χ3n) is 6.82. The van der Waals surface area contributed by atoms with Crippen LogP contribution >= 0.6 is 0 Å². The average Bonchev–Trinajstić information content (AvgIpc) is 3.34. The molecule has 4 aromatic rings. The summed E-state index contributed by atoms with van der Waals surface area (Å²) in [5.74, 6) is 0. The molecule has 0 aliphatic rings. The van der Waals surface area contributed by atoms with Gasteiger partial charge in [-0.15, -0.1) is 106 Å². The molecule has 0 heterocycles. The molecule has 0 aliphatic heterocycles. The minimum absolute atomic E-state index is 1.08. The first kappa shape index (κ1) is 21.6. The first-order valence-electron chi connectivity index (χ1n) is 11.6. The Labute approximate surface area is 188 Å². The Morgan fingerprint density at radius 1 is 0.742 bits per heavy atom. The minimum atomic E-state index is -1.88. The molecule has 4 rings (SSSR count). The Hall–Kier alpha value is -2.64. The molecule has 0 aliphatic carbocycles. The van der Waals surface area contributed by atoms with E-state index < -0.39 is 8.07 Å². The topological polar surface area (TPSA) is 0 Å². The highest BCUT2D eigenvalue weighted by Gasteiger charge is 2.24. The molecule has 0 saturated carbocycles. The number of aryl methyl sites for hydroxylation is 2. The van der Waals surface area contributed by atoms with Gasteiger partial charge in [0.1, 0.15) is 0 Å². The summed E-state index contributed by atoms with van der Waals surface area (Å²) in [7, 11) is -1.88. The Kier molecular flexibility index (Phi) is 6.43. The predicted octanol–water partition coefficient (Wildman–Crippen LogP) is 7.27. The van der Waals surface area contributed by atoms with Gasteiger partial charge in [0.2, 0.25) is 0 Å². The van der Waals surface area contributed by atoms with Gasteiger partial charge in [0.15, 0.2) is 0 Å². The molecule has 0 bridgehead atoms. The fourth-order valence-electron chi connectivity index (χ4n) is 5.12. The maximum Gasteiger partial charge on any atom is 0.0195 e. The molecule has 0 atom stereocenters. The number of hydrogen-bond donors (Lipinski definition) is 0. The van der Waals surface area contributed by atoms with Gasteiger partial charge in [-0.2, -0.15) is 0 Å². The molecule has 0 amide bonds. The summed E-state index contributed by atoms with van der Waals surface area (Å²) in [6, 6.07) is 23.2. The Morgan fingerprint density at radius 2 is 1.19 bits per heavy atom. The average molecular weight is 423 g/mol. The van der Waals surface area contributed by atoms with Crippen molar-refractivity contribution in [2.75, 3.05) is 0 Å². The number of benzene rings is 2. The summed E-state index contributed by atoms with van der Waals surface area (Å²) in [4.78, 5) is 0. The highest BCUT2D eigenvalue weighted by atomic mass is 28.3. The van der Waals surface area contributed by atoms with E-state index in [-0.39, 0.29) is 0 Å². The van der Waals surface area contributed by atoms with Crippen LogP contribution in [-0.2, 0) is 12.8 Å². The lowest BCUT2D eigenvalue weighted by molar-refractivity contribution is 0.851. The molecule has 0 unspecified atom stereocenters. The van der Waals surface area contributed by atoms with E-state index in [0.717, 1.165) is 25.7 Å². The van der Waals surface area contributed by atoms with Crippen molar-refractivity contribution in [2.45, 2.75) is 51.6 Å². The van der Waals surface area contributed by atoms with Crippen LogP contribution in [0, 0.1) is 0 Å². The molecule has 1 heteroatoms. The van der Waals surface area contributed by atoms with Crippen LogP contribution < -0.4 is 10.4 Å². The highest BCUT2D eigenvalue weighted by molar-refractivity contribution is 7.03. The van der Waals surface area contributed by atoms with Crippen molar-refractivity contribution >= 4 is 40.0 Å². The van der Waals surface area contributed by atoms with Gasteiger partial charge < -0.3 is 0 Å². The summed E-state index contributed by atoms with van der Waals surface area (Å²) < 4.78 is 0. The fraction of sp³-hybridized carbons (Fsp3) is 0.267. The third kappa shape index (κ3) is 4.12. The summed E-state index contributed by atoms with van der Waals surface area (Å²) >= 11 is 0. The van der Waals surface area contributed by atoms with E-state index in [4.69, 9.17) is 0 Å². The SMILES string of the molecule is C=CCCCc1cc([Si](C)(C)c2cc(CCCC=C)[c-]3ccccc23)c2cccc[c-]12. The third-order valence-corrected chi connectivity index (χ3v) is 10.3. The predicted molar refractivity (Wildman–Crippen MR) is 142 cm³/mol. The number of fused-ring (bicyclic) bond motifs is 2. The van der Waals surface area contributed by atoms with E-state index in [0.29, 0.717) is 0 Å². The second-order valence-electron chi connectivity index (χ2n) is 9.24. The van der Waals surface area contributed by atoms with E-state index in [9.17, 15) is 0 Å². The molecule has 0 spiro atoms. The highest BCUT2D eigenvalue weighted by Crippen LogP contribution is 2.28. The normalized spacial score (nSPS) is 11.9. The van der Waals surface area contributed by atoms with Crippen molar-refractivity contribution in [2.24, 2.45) is 0 Å². The molecule has 0 N–H and O–H groups in total. The van der Waals surface area contributed by atoms with E-state index in [2.05, 4.69) is 86.9 Å². The summed E-state index contributed by atoms with van der Waals surface area (Å²) in [6.45, 7) is 12.9. The first-order chi connectivity index (χ1) is 15.1. The molecule has 0 radical (unpaired) electrons. The fourth-order valence-corrected chi connectivity index (χ4v) is 8.27. The summed E-state index contributed by atoms with van der Waals surface area (Å²) in [5.41, 5.74) is 3.02. The molecular formula is C30H34Si-2. The quantitative estimate of drug-likeness (QED) is 0.109. The number of allylic oxidation sites excluding steroid dienone is 2. The summed E-state index contributed by atoms with van der Waals surface area (Å²) in [6.07, 6.45) is 10.8. The van der Waals surface area contributed by atoms with Gasteiger partial charge in [0.25, 0.3) is 0 Å². The molecule has 0 saturated heterocycles. The number of hydrogen-bond acceptors (Lipinski definition) is 0. The largest absolute Gasteiger partial charge is 0.147 e. The van der Waals surface area contributed by atoms with E-state index in [1.807, 2.05) is 12.2 Å². The number of rotatable bonds is 10. The Balaban J connectivity index is 1.82. The van der Waals surface area contributed by atoms with Crippen LogP contribution in [0.2, 0.25) is 13.1 Å². The second kappa shape index (κ2) is 9.24. The van der Waals surface area contributed by atoms with Crippen molar-refractivity contribution in [3.8, 4) is 0 Å². The van der Waals surface area contributed by atoms with Crippen molar-refractivity contribution in [3.63, 3.8) is 0 Å². The smallest absolute Gasteiger partial charge is 0.0195 e.